The lowest BCUT2D eigenvalue weighted by atomic mass is 9.45. The molecule has 3 unspecified atom stereocenters. The number of esters is 2. The van der Waals surface area contributed by atoms with E-state index in [4.69, 9.17) is 20.2 Å². The van der Waals surface area contributed by atoms with Crippen LogP contribution in [0.3, 0.4) is 0 Å². The number of aliphatic imine (C=N–C) groups is 1. The Morgan fingerprint density at radius 1 is 1.19 bits per heavy atom. The summed E-state index contributed by atoms with van der Waals surface area (Å²) in [6, 6.07) is 6.02. The number of fused-ring (bicyclic) bond motifs is 5. The lowest BCUT2D eigenvalue weighted by Gasteiger charge is -2.60. The molecule has 7 atom stereocenters. The smallest absolute Gasteiger partial charge is 0.316 e. The molecule has 3 saturated carbocycles. The van der Waals surface area contributed by atoms with E-state index in [0.717, 1.165) is 35.9 Å². The third-order valence-corrected chi connectivity index (χ3v) is 11.7. The van der Waals surface area contributed by atoms with Gasteiger partial charge in [0, 0.05) is 11.8 Å². The van der Waals surface area contributed by atoms with Crippen molar-refractivity contribution in [1.29, 1.82) is 0 Å². The van der Waals surface area contributed by atoms with E-state index in [0.29, 0.717) is 31.4 Å². The molecule has 10 heteroatoms. The molecule has 0 saturated heterocycles. The SMILES string of the molecule is CCC(=O)O[C@]1(C(=O)SCC(=O)OC)CCC2[C@@H]3CCC4=CC(=Nc5ccc(F)cc5)C(=CN)C[C@]4(C)C3C(O)C[C@@]21C. The number of benzene rings is 1. The van der Waals surface area contributed by atoms with Gasteiger partial charge in [-0.1, -0.05) is 38.1 Å². The highest BCUT2D eigenvalue weighted by molar-refractivity contribution is 8.14. The van der Waals surface area contributed by atoms with Crippen LogP contribution in [0.2, 0.25) is 0 Å². The summed E-state index contributed by atoms with van der Waals surface area (Å²) in [7, 11) is 1.27. The standard InChI is InChI=1S/C33H41FN2O6S/c1-5-27(38)42-33(30(40)43-18-28(39)41-4)13-12-24-23-11-6-20-14-25(36-22-9-7-21(34)8-10-22)19(17-35)15-31(20,2)29(23)26(37)16-32(24,33)3/h7-10,14,17,23-24,26,29,37H,5-6,11-13,15-16,18,35H2,1-4H3/t23-,24?,26?,29?,31-,32-,33-/m0/s1. The maximum Gasteiger partial charge on any atom is 0.316 e. The number of nitrogens with zero attached hydrogens (tertiary/aromatic N) is 1. The van der Waals surface area contributed by atoms with Crippen LogP contribution in [0.25, 0.3) is 0 Å². The average Bonchev–Trinajstić information content (AvgIpc) is 3.28. The first-order valence-corrected chi connectivity index (χ1v) is 16.0. The second-order valence-corrected chi connectivity index (χ2v) is 13.7. The van der Waals surface area contributed by atoms with Gasteiger partial charge >= 0.3 is 11.9 Å². The van der Waals surface area contributed by atoms with E-state index >= 15 is 0 Å². The Morgan fingerprint density at radius 3 is 2.56 bits per heavy atom. The molecule has 43 heavy (non-hydrogen) atoms. The molecule has 3 fully saturated rings. The van der Waals surface area contributed by atoms with Crippen LogP contribution in [-0.2, 0) is 23.9 Å². The molecule has 8 nitrogen and oxygen atoms in total. The van der Waals surface area contributed by atoms with Gasteiger partial charge in [-0.05, 0) is 104 Å². The Bertz CT molecular complexity index is 1390. The molecule has 0 bridgehead atoms. The van der Waals surface area contributed by atoms with E-state index in [2.05, 4.69) is 13.0 Å². The van der Waals surface area contributed by atoms with Crippen LogP contribution in [0.1, 0.15) is 65.7 Å². The Kier molecular flexibility index (Phi) is 8.66. The fraction of sp³-hybridized carbons (Fsp3) is 0.576. The van der Waals surface area contributed by atoms with E-state index in [1.54, 1.807) is 25.3 Å². The Labute approximate surface area is 256 Å². The van der Waals surface area contributed by atoms with Gasteiger partial charge in [0.2, 0.25) is 5.12 Å². The van der Waals surface area contributed by atoms with E-state index < -0.39 is 29.1 Å². The van der Waals surface area contributed by atoms with Gasteiger partial charge in [-0.2, -0.15) is 0 Å². The van der Waals surface area contributed by atoms with Gasteiger partial charge in [0.1, 0.15) is 5.82 Å². The number of aliphatic hydroxyl groups excluding tert-OH is 1. The van der Waals surface area contributed by atoms with Gasteiger partial charge in [0.15, 0.2) is 5.60 Å². The lowest BCUT2D eigenvalue weighted by molar-refractivity contribution is -0.196. The van der Waals surface area contributed by atoms with Crippen molar-refractivity contribution >= 4 is 40.2 Å². The number of hydrogen-bond acceptors (Lipinski definition) is 9. The lowest BCUT2D eigenvalue weighted by Crippen LogP contribution is -2.62. The van der Waals surface area contributed by atoms with Gasteiger partial charge in [-0.15, -0.1) is 0 Å². The van der Waals surface area contributed by atoms with Gasteiger partial charge in [-0.3, -0.25) is 14.4 Å². The van der Waals surface area contributed by atoms with E-state index in [9.17, 15) is 23.9 Å². The number of nitrogens with two attached hydrogens (primary N) is 1. The van der Waals surface area contributed by atoms with Crippen LogP contribution in [0.5, 0.6) is 0 Å². The minimum atomic E-state index is -1.43. The molecule has 4 aliphatic carbocycles. The summed E-state index contributed by atoms with van der Waals surface area (Å²) in [5, 5.41) is 11.6. The first-order valence-electron chi connectivity index (χ1n) is 15.0. The highest BCUT2D eigenvalue weighted by Gasteiger charge is 2.70. The summed E-state index contributed by atoms with van der Waals surface area (Å²) in [5.74, 6) is -1.46. The van der Waals surface area contributed by atoms with Gasteiger partial charge < -0.3 is 20.3 Å². The molecule has 0 spiro atoms. The Balaban J connectivity index is 1.49. The van der Waals surface area contributed by atoms with Crippen LogP contribution in [0.15, 0.2) is 52.7 Å². The van der Waals surface area contributed by atoms with Crippen molar-refractivity contribution < 1.29 is 33.4 Å². The third-order valence-electron chi connectivity index (χ3n) is 10.7. The topological polar surface area (TPSA) is 128 Å². The number of carbonyl (C=O) groups is 3. The van der Waals surface area contributed by atoms with E-state index in [1.165, 1.54) is 24.8 Å². The summed E-state index contributed by atoms with van der Waals surface area (Å²) in [6.07, 6.45) is 6.55. The van der Waals surface area contributed by atoms with Crippen LogP contribution < -0.4 is 5.73 Å². The summed E-state index contributed by atoms with van der Waals surface area (Å²) in [6.45, 7) is 5.87. The number of rotatable bonds is 6. The van der Waals surface area contributed by atoms with Crippen molar-refractivity contribution in [2.75, 3.05) is 12.9 Å². The summed E-state index contributed by atoms with van der Waals surface area (Å²) in [4.78, 5) is 43.3. The van der Waals surface area contributed by atoms with Crippen molar-refractivity contribution in [2.24, 2.45) is 39.3 Å². The number of thioether (sulfide) groups is 1. The van der Waals surface area contributed by atoms with Crippen molar-refractivity contribution in [3.63, 3.8) is 0 Å². The predicted octanol–water partition coefficient (Wildman–Crippen LogP) is 5.41. The molecule has 5 rings (SSSR count). The number of ether oxygens (including phenoxy) is 2. The summed E-state index contributed by atoms with van der Waals surface area (Å²) < 4.78 is 24.3. The van der Waals surface area contributed by atoms with E-state index in [1.807, 2.05) is 6.92 Å². The maximum absolute atomic E-state index is 13.9. The number of aliphatic hydroxyl groups is 1. The van der Waals surface area contributed by atoms with Gasteiger partial charge in [0.25, 0.3) is 0 Å². The maximum atomic E-state index is 13.9. The molecule has 0 aromatic heterocycles. The van der Waals surface area contributed by atoms with Crippen molar-refractivity contribution in [3.8, 4) is 0 Å². The van der Waals surface area contributed by atoms with Crippen LogP contribution >= 0.6 is 11.8 Å². The number of methoxy groups -OCH3 is 1. The zero-order valence-electron chi connectivity index (χ0n) is 25.2. The number of allylic oxidation sites excluding steroid dienone is 3. The minimum Gasteiger partial charge on any atom is -0.468 e. The van der Waals surface area contributed by atoms with Crippen molar-refractivity contribution in [1.82, 2.24) is 0 Å². The number of hydrogen-bond donors (Lipinski definition) is 2. The molecule has 0 heterocycles. The first-order chi connectivity index (χ1) is 20.4. The molecule has 0 radical (unpaired) electrons. The van der Waals surface area contributed by atoms with Crippen molar-refractivity contribution in [3.05, 3.63) is 53.5 Å². The monoisotopic (exact) mass is 612 g/mol. The zero-order valence-corrected chi connectivity index (χ0v) is 26.0. The molecule has 0 aliphatic heterocycles. The fourth-order valence-electron chi connectivity index (χ4n) is 8.69. The summed E-state index contributed by atoms with van der Waals surface area (Å²) >= 11 is 0.828. The normalized spacial score (nSPS) is 36.7. The first kappa shape index (κ1) is 31.4. The van der Waals surface area contributed by atoms with Gasteiger partial charge in [-0.25, -0.2) is 9.38 Å². The fourth-order valence-corrected chi connectivity index (χ4v) is 9.67. The highest BCUT2D eigenvalue weighted by Crippen LogP contribution is 2.69. The zero-order chi connectivity index (χ0) is 31.2. The quantitative estimate of drug-likeness (QED) is 0.408. The second kappa shape index (κ2) is 11.8. The molecule has 1 aromatic carbocycles. The molecule has 3 N–H and O–H groups in total. The third kappa shape index (κ3) is 5.24. The molecular weight excluding hydrogens is 571 g/mol. The molecular formula is C33H41FN2O6S. The van der Waals surface area contributed by atoms with Crippen LogP contribution in [-0.4, -0.2) is 52.4 Å². The number of halogens is 1. The Morgan fingerprint density at radius 2 is 1.91 bits per heavy atom. The molecule has 4 aliphatic rings. The highest BCUT2D eigenvalue weighted by atomic mass is 32.2. The molecule has 232 valence electrons. The van der Waals surface area contributed by atoms with Crippen molar-refractivity contribution in [2.45, 2.75) is 77.4 Å². The minimum absolute atomic E-state index is 0.0335. The van der Waals surface area contributed by atoms with Gasteiger partial charge in [0.05, 0.1) is 30.4 Å². The predicted molar refractivity (Wildman–Crippen MR) is 163 cm³/mol. The van der Waals surface area contributed by atoms with Crippen LogP contribution in [0.4, 0.5) is 10.1 Å². The Hall–Kier alpha value is -2.98. The molecule has 0 amide bonds. The van der Waals surface area contributed by atoms with E-state index in [-0.39, 0.29) is 46.3 Å². The summed E-state index contributed by atoms with van der Waals surface area (Å²) in [5.41, 5.74) is 6.97. The largest absolute Gasteiger partial charge is 0.468 e. The number of carbonyl (C=O) groups excluding carboxylic acids is 3. The second-order valence-electron chi connectivity index (χ2n) is 12.8. The average molecular weight is 613 g/mol. The van der Waals surface area contributed by atoms with Crippen LogP contribution in [0, 0.1) is 34.4 Å². The molecule has 1 aromatic rings.